The maximum atomic E-state index is 12.7. The Balaban J connectivity index is 2.12. The van der Waals surface area contributed by atoms with Crippen molar-refractivity contribution in [2.45, 2.75) is 32.9 Å². The summed E-state index contributed by atoms with van der Waals surface area (Å²) in [6.07, 6.45) is -5.03. The van der Waals surface area contributed by atoms with Crippen LogP contribution in [0.2, 0.25) is 0 Å². The molecule has 0 atom stereocenters. The monoisotopic (exact) mass is 329 g/mol. The number of fused-ring (bicyclic) bond motifs is 1. The predicted octanol–water partition coefficient (Wildman–Crippen LogP) is 6.01. The fourth-order valence-electron chi connectivity index (χ4n) is 3.00. The van der Waals surface area contributed by atoms with Gasteiger partial charge in [0, 0.05) is 17.4 Å². The van der Waals surface area contributed by atoms with Crippen LogP contribution in [-0.2, 0) is 6.42 Å². The van der Waals surface area contributed by atoms with Gasteiger partial charge in [-0.15, -0.1) is 0 Å². The van der Waals surface area contributed by atoms with Crippen LogP contribution >= 0.6 is 0 Å². The first-order valence-electron chi connectivity index (χ1n) is 7.86. The lowest BCUT2D eigenvalue weighted by Crippen LogP contribution is -2.09. The first-order chi connectivity index (χ1) is 11.3. The second-order valence-corrected chi connectivity index (χ2v) is 6.18. The number of hydrogen-bond acceptors (Lipinski definition) is 1. The van der Waals surface area contributed by atoms with Crippen molar-refractivity contribution in [3.8, 4) is 11.3 Å². The zero-order valence-electron chi connectivity index (χ0n) is 13.6. The molecule has 0 saturated carbocycles. The van der Waals surface area contributed by atoms with E-state index >= 15 is 0 Å². The Morgan fingerprint density at radius 2 is 1.58 bits per heavy atom. The highest BCUT2D eigenvalue weighted by molar-refractivity contribution is 5.85. The molecule has 0 unspecified atom stereocenters. The van der Waals surface area contributed by atoms with Crippen molar-refractivity contribution in [3.05, 3.63) is 65.2 Å². The number of aryl methyl sites for hydroxylation is 3. The molecule has 0 amide bonds. The van der Waals surface area contributed by atoms with Crippen molar-refractivity contribution < 1.29 is 13.2 Å². The first kappa shape index (κ1) is 16.5. The number of hydrogen-bond donors (Lipinski definition) is 0. The van der Waals surface area contributed by atoms with Gasteiger partial charge in [-0.3, -0.25) is 0 Å². The molecule has 0 aliphatic rings. The number of halogens is 3. The molecule has 3 rings (SSSR count). The van der Waals surface area contributed by atoms with Gasteiger partial charge in [0.25, 0.3) is 0 Å². The Hall–Kier alpha value is -2.36. The quantitative estimate of drug-likeness (QED) is 0.573. The van der Waals surface area contributed by atoms with E-state index in [0.717, 1.165) is 33.3 Å². The second kappa shape index (κ2) is 6.27. The van der Waals surface area contributed by atoms with E-state index in [4.69, 9.17) is 0 Å². The van der Waals surface area contributed by atoms with Crippen molar-refractivity contribution in [1.29, 1.82) is 0 Å². The SMILES string of the molecule is Cc1cc(C)cc(-c2cc(CCC(F)(F)F)c3ccccc3n2)c1. The fourth-order valence-corrected chi connectivity index (χ4v) is 3.00. The van der Waals surface area contributed by atoms with Gasteiger partial charge in [-0.1, -0.05) is 35.4 Å². The lowest BCUT2D eigenvalue weighted by atomic mass is 9.99. The summed E-state index contributed by atoms with van der Waals surface area (Å²) in [7, 11) is 0. The average molecular weight is 329 g/mol. The summed E-state index contributed by atoms with van der Waals surface area (Å²) in [5, 5.41) is 0.787. The summed E-state index contributed by atoms with van der Waals surface area (Å²) >= 11 is 0. The van der Waals surface area contributed by atoms with Gasteiger partial charge in [0.2, 0.25) is 0 Å². The molecule has 0 N–H and O–H groups in total. The number of alkyl halides is 3. The van der Waals surface area contributed by atoms with Gasteiger partial charge in [-0.25, -0.2) is 4.98 Å². The molecule has 1 heterocycles. The number of benzene rings is 2. The minimum Gasteiger partial charge on any atom is -0.248 e. The van der Waals surface area contributed by atoms with Gasteiger partial charge in [0.05, 0.1) is 11.2 Å². The average Bonchev–Trinajstić information content (AvgIpc) is 2.50. The molecule has 0 saturated heterocycles. The predicted molar refractivity (Wildman–Crippen MR) is 91.0 cm³/mol. The zero-order valence-corrected chi connectivity index (χ0v) is 13.6. The molecular formula is C20H18F3N. The highest BCUT2D eigenvalue weighted by Crippen LogP contribution is 2.29. The highest BCUT2D eigenvalue weighted by Gasteiger charge is 2.27. The standard InChI is InChI=1S/C20H18F3N/c1-13-9-14(2)11-16(10-13)19-12-15(7-8-20(21,22)23)17-5-3-4-6-18(17)24-19/h3-6,9-12H,7-8H2,1-2H3. The van der Waals surface area contributed by atoms with Crippen molar-refractivity contribution in [3.63, 3.8) is 0 Å². The zero-order chi connectivity index (χ0) is 17.3. The van der Waals surface area contributed by atoms with Crippen LogP contribution < -0.4 is 0 Å². The van der Waals surface area contributed by atoms with E-state index in [9.17, 15) is 13.2 Å². The molecule has 0 spiro atoms. The molecule has 2 aromatic carbocycles. The molecule has 0 aliphatic carbocycles. The molecule has 0 fully saturated rings. The van der Waals surface area contributed by atoms with Gasteiger partial charge in [-0.05, 0) is 50.1 Å². The summed E-state index contributed by atoms with van der Waals surface area (Å²) in [5.74, 6) is 0. The van der Waals surface area contributed by atoms with Crippen molar-refractivity contribution in [2.75, 3.05) is 0 Å². The summed E-state index contributed by atoms with van der Waals surface area (Å²) in [5.41, 5.74) is 5.29. The third-order valence-corrected chi connectivity index (χ3v) is 4.00. The van der Waals surface area contributed by atoms with E-state index < -0.39 is 12.6 Å². The molecular weight excluding hydrogens is 311 g/mol. The summed E-state index contributed by atoms with van der Waals surface area (Å²) in [4.78, 5) is 4.65. The summed E-state index contributed by atoms with van der Waals surface area (Å²) < 4.78 is 38.0. The van der Waals surface area contributed by atoms with Crippen LogP contribution in [0.3, 0.4) is 0 Å². The van der Waals surface area contributed by atoms with Crippen molar-refractivity contribution in [2.24, 2.45) is 0 Å². The van der Waals surface area contributed by atoms with E-state index in [1.165, 1.54) is 0 Å². The van der Waals surface area contributed by atoms with E-state index in [-0.39, 0.29) is 6.42 Å². The van der Waals surface area contributed by atoms with Gasteiger partial charge in [0.15, 0.2) is 0 Å². The Morgan fingerprint density at radius 3 is 2.25 bits per heavy atom. The van der Waals surface area contributed by atoms with Crippen LogP contribution in [0.15, 0.2) is 48.5 Å². The van der Waals surface area contributed by atoms with Gasteiger partial charge >= 0.3 is 6.18 Å². The number of aromatic nitrogens is 1. The second-order valence-electron chi connectivity index (χ2n) is 6.18. The summed E-state index contributed by atoms with van der Waals surface area (Å²) in [6, 6.07) is 15.2. The topological polar surface area (TPSA) is 12.9 Å². The Bertz CT molecular complexity index is 861. The first-order valence-corrected chi connectivity index (χ1v) is 7.86. The van der Waals surface area contributed by atoms with E-state index in [1.807, 2.05) is 50.2 Å². The van der Waals surface area contributed by atoms with Crippen LogP contribution in [0.4, 0.5) is 13.2 Å². The number of para-hydroxylation sites is 1. The van der Waals surface area contributed by atoms with Crippen LogP contribution in [-0.4, -0.2) is 11.2 Å². The van der Waals surface area contributed by atoms with Crippen LogP contribution in [0, 0.1) is 13.8 Å². The van der Waals surface area contributed by atoms with Gasteiger partial charge in [-0.2, -0.15) is 13.2 Å². The third kappa shape index (κ3) is 3.75. The van der Waals surface area contributed by atoms with Gasteiger partial charge < -0.3 is 0 Å². The molecule has 1 nitrogen and oxygen atoms in total. The minimum absolute atomic E-state index is 0.0374. The largest absolute Gasteiger partial charge is 0.389 e. The molecule has 0 aliphatic heterocycles. The molecule has 4 heteroatoms. The van der Waals surface area contributed by atoms with Crippen LogP contribution in [0.5, 0.6) is 0 Å². The smallest absolute Gasteiger partial charge is 0.248 e. The fraction of sp³-hybridized carbons (Fsp3) is 0.250. The third-order valence-electron chi connectivity index (χ3n) is 4.00. The van der Waals surface area contributed by atoms with Crippen LogP contribution in [0.1, 0.15) is 23.1 Å². The van der Waals surface area contributed by atoms with Crippen molar-refractivity contribution >= 4 is 10.9 Å². The minimum atomic E-state index is -4.16. The number of rotatable bonds is 3. The van der Waals surface area contributed by atoms with E-state index in [0.29, 0.717) is 5.56 Å². The maximum absolute atomic E-state index is 12.7. The molecule has 1 aromatic heterocycles. The molecule has 3 aromatic rings. The molecule has 0 bridgehead atoms. The number of nitrogens with zero attached hydrogens (tertiary/aromatic N) is 1. The summed E-state index contributed by atoms with van der Waals surface area (Å²) in [6.45, 7) is 4.00. The van der Waals surface area contributed by atoms with E-state index in [1.54, 1.807) is 6.07 Å². The lowest BCUT2D eigenvalue weighted by molar-refractivity contribution is -0.133. The Kier molecular flexibility index (Phi) is 4.31. The number of pyridine rings is 1. The maximum Gasteiger partial charge on any atom is 0.389 e. The highest BCUT2D eigenvalue weighted by atomic mass is 19.4. The van der Waals surface area contributed by atoms with Crippen LogP contribution in [0.25, 0.3) is 22.2 Å². The van der Waals surface area contributed by atoms with Crippen molar-refractivity contribution in [1.82, 2.24) is 4.98 Å². The normalized spacial score (nSPS) is 11.9. The Labute approximate surface area is 139 Å². The Morgan fingerprint density at radius 1 is 0.917 bits per heavy atom. The molecule has 24 heavy (non-hydrogen) atoms. The molecule has 0 radical (unpaired) electrons. The van der Waals surface area contributed by atoms with E-state index in [2.05, 4.69) is 11.1 Å². The lowest BCUT2D eigenvalue weighted by Gasteiger charge is -2.12. The van der Waals surface area contributed by atoms with Gasteiger partial charge in [0.1, 0.15) is 0 Å². The molecule has 124 valence electrons.